The molecule has 96 valence electrons. The fraction of sp³-hybridized carbons (Fsp3) is 0.385. The van der Waals surface area contributed by atoms with Gasteiger partial charge < -0.3 is 5.11 Å². The summed E-state index contributed by atoms with van der Waals surface area (Å²) in [6.07, 6.45) is 1.31. The summed E-state index contributed by atoms with van der Waals surface area (Å²) < 4.78 is 1.51. The van der Waals surface area contributed by atoms with Gasteiger partial charge in [-0.3, -0.25) is 14.1 Å². The molecule has 2 heterocycles. The molecule has 0 saturated heterocycles. The Morgan fingerprint density at radius 2 is 2.28 bits per heavy atom. The van der Waals surface area contributed by atoms with Gasteiger partial charge in [-0.25, -0.2) is 4.98 Å². The number of likely N-dealkylation sites (N-methyl/N-ethyl adjacent to an activating group) is 1. The Morgan fingerprint density at radius 1 is 1.50 bits per heavy atom. The molecule has 2 rings (SSSR count). The molecule has 0 amide bonds. The zero-order chi connectivity index (χ0) is 13.1. The van der Waals surface area contributed by atoms with Gasteiger partial charge in [-0.2, -0.15) is 0 Å². The zero-order valence-corrected chi connectivity index (χ0v) is 10.6. The van der Waals surface area contributed by atoms with Crippen LogP contribution in [0, 0.1) is 0 Å². The Bertz CT molecular complexity index is 592. The van der Waals surface area contributed by atoms with Gasteiger partial charge in [-0.15, -0.1) is 0 Å². The van der Waals surface area contributed by atoms with Crippen LogP contribution >= 0.6 is 0 Å². The van der Waals surface area contributed by atoms with Crippen molar-refractivity contribution in [3.05, 3.63) is 46.5 Å². The minimum Gasteiger partial charge on any atom is -0.392 e. The number of hydrogen-bond acceptors (Lipinski definition) is 4. The van der Waals surface area contributed by atoms with Crippen LogP contribution in [0.4, 0.5) is 0 Å². The molecule has 1 atom stereocenters. The van der Waals surface area contributed by atoms with Crippen LogP contribution in [0.5, 0.6) is 0 Å². The molecule has 5 nitrogen and oxygen atoms in total. The van der Waals surface area contributed by atoms with Crippen LogP contribution in [-0.4, -0.2) is 39.1 Å². The van der Waals surface area contributed by atoms with Crippen LogP contribution < -0.4 is 5.56 Å². The molecule has 0 spiro atoms. The Balaban J connectivity index is 2.27. The third-order valence-electron chi connectivity index (χ3n) is 2.63. The number of aromatic nitrogens is 2. The van der Waals surface area contributed by atoms with Crippen LogP contribution in [0.15, 0.2) is 35.3 Å². The fourth-order valence-corrected chi connectivity index (χ4v) is 1.98. The summed E-state index contributed by atoms with van der Waals surface area (Å²) in [6.45, 7) is 2.83. The molecule has 0 saturated carbocycles. The molecular weight excluding hydrogens is 230 g/mol. The molecule has 5 heteroatoms. The summed E-state index contributed by atoms with van der Waals surface area (Å²) in [5, 5.41) is 9.30. The topological polar surface area (TPSA) is 57.8 Å². The number of aliphatic hydroxyl groups is 1. The largest absolute Gasteiger partial charge is 0.392 e. The van der Waals surface area contributed by atoms with Crippen LogP contribution in [0.2, 0.25) is 0 Å². The fourth-order valence-electron chi connectivity index (χ4n) is 1.98. The van der Waals surface area contributed by atoms with Crippen molar-refractivity contribution in [1.82, 2.24) is 14.3 Å². The van der Waals surface area contributed by atoms with Gasteiger partial charge in [0.1, 0.15) is 5.65 Å². The predicted molar refractivity (Wildman–Crippen MR) is 69.5 cm³/mol. The van der Waals surface area contributed by atoms with E-state index in [-0.39, 0.29) is 5.56 Å². The van der Waals surface area contributed by atoms with Crippen molar-refractivity contribution in [3.8, 4) is 0 Å². The van der Waals surface area contributed by atoms with Gasteiger partial charge in [0, 0.05) is 25.4 Å². The lowest BCUT2D eigenvalue weighted by molar-refractivity contribution is 0.138. The van der Waals surface area contributed by atoms with Crippen molar-refractivity contribution < 1.29 is 5.11 Å². The number of fused-ring (bicyclic) bond motifs is 1. The normalized spacial score (nSPS) is 13.1. The number of pyridine rings is 1. The molecule has 0 unspecified atom stereocenters. The first-order valence-corrected chi connectivity index (χ1v) is 5.90. The molecule has 2 aromatic heterocycles. The van der Waals surface area contributed by atoms with Crippen molar-refractivity contribution in [2.24, 2.45) is 0 Å². The molecule has 0 fully saturated rings. The van der Waals surface area contributed by atoms with E-state index in [4.69, 9.17) is 0 Å². The van der Waals surface area contributed by atoms with E-state index < -0.39 is 6.10 Å². The first kappa shape index (κ1) is 12.7. The van der Waals surface area contributed by atoms with E-state index in [0.29, 0.717) is 24.4 Å². The van der Waals surface area contributed by atoms with Crippen LogP contribution in [0.3, 0.4) is 0 Å². The second kappa shape index (κ2) is 5.29. The SMILES string of the molecule is C[C@H](O)CN(C)Cc1cc(=O)n2ccccc2n1. The van der Waals surface area contributed by atoms with Crippen LogP contribution in [0.1, 0.15) is 12.6 Å². The van der Waals surface area contributed by atoms with Gasteiger partial charge in [0.25, 0.3) is 5.56 Å². The molecule has 1 N–H and O–H groups in total. The third kappa shape index (κ3) is 2.94. The first-order valence-electron chi connectivity index (χ1n) is 5.90. The lowest BCUT2D eigenvalue weighted by atomic mass is 10.3. The zero-order valence-electron chi connectivity index (χ0n) is 10.6. The highest BCUT2D eigenvalue weighted by atomic mass is 16.3. The lowest BCUT2D eigenvalue weighted by Gasteiger charge is -2.17. The quantitative estimate of drug-likeness (QED) is 0.855. The standard InChI is InChI=1S/C13H17N3O2/c1-10(17)8-15(2)9-11-7-13(18)16-6-4-3-5-12(16)14-11/h3-7,10,17H,8-9H2,1-2H3/t10-/m0/s1. The minimum absolute atomic E-state index is 0.0824. The van der Waals surface area contributed by atoms with Crippen molar-refractivity contribution >= 4 is 5.65 Å². The highest BCUT2D eigenvalue weighted by Gasteiger charge is 2.07. The smallest absolute Gasteiger partial charge is 0.258 e. The van der Waals surface area contributed by atoms with E-state index >= 15 is 0 Å². The third-order valence-corrected chi connectivity index (χ3v) is 2.63. The first-order chi connectivity index (χ1) is 8.56. The molecule has 0 aliphatic heterocycles. The molecular formula is C13H17N3O2. The number of nitrogens with zero attached hydrogens (tertiary/aromatic N) is 3. The van der Waals surface area contributed by atoms with Gasteiger partial charge in [0.2, 0.25) is 0 Å². The van der Waals surface area contributed by atoms with Crippen LogP contribution in [0.25, 0.3) is 5.65 Å². The molecule has 0 aromatic carbocycles. The Labute approximate surface area is 105 Å². The lowest BCUT2D eigenvalue weighted by Crippen LogP contribution is -2.28. The maximum absolute atomic E-state index is 11.9. The summed E-state index contributed by atoms with van der Waals surface area (Å²) in [5.74, 6) is 0. The Morgan fingerprint density at radius 3 is 3.00 bits per heavy atom. The van der Waals surface area contributed by atoms with Gasteiger partial charge >= 0.3 is 0 Å². The maximum atomic E-state index is 11.9. The van der Waals surface area contributed by atoms with E-state index in [0.717, 1.165) is 0 Å². The van der Waals surface area contributed by atoms with Gasteiger partial charge in [-0.1, -0.05) is 6.07 Å². The molecule has 0 aliphatic carbocycles. The summed E-state index contributed by atoms with van der Waals surface area (Å²) >= 11 is 0. The van der Waals surface area contributed by atoms with Crippen molar-refractivity contribution in [3.63, 3.8) is 0 Å². The van der Waals surface area contributed by atoms with Crippen molar-refractivity contribution in [1.29, 1.82) is 0 Å². The predicted octanol–water partition coefficient (Wildman–Crippen LogP) is 0.507. The molecule has 0 radical (unpaired) electrons. The van der Waals surface area contributed by atoms with E-state index in [1.54, 1.807) is 25.3 Å². The van der Waals surface area contributed by atoms with Gasteiger partial charge in [-0.05, 0) is 26.1 Å². The average Bonchev–Trinajstić information content (AvgIpc) is 2.27. The highest BCUT2D eigenvalue weighted by Crippen LogP contribution is 2.02. The second-order valence-corrected chi connectivity index (χ2v) is 4.56. The van der Waals surface area contributed by atoms with Crippen molar-refractivity contribution in [2.45, 2.75) is 19.6 Å². The second-order valence-electron chi connectivity index (χ2n) is 4.56. The van der Waals surface area contributed by atoms with Crippen molar-refractivity contribution in [2.75, 3.05) is 13.6 Å². The van der Waals surface area contributed by atoms with E-state index in [1.165, 1.54) is 10.5 Å². The number of aliphatic hydroxyl groups excluding tert-OH is 1. The number of hydrogen-bond donors (Lipinski definition) is 1. The van der Waals surface area contributed by atoms with E-state index in [2.05, 4.69) is 4.98 Å². The van der Waals surface area contributed by atoms with E-state index in [9.17, 15) is 9.90 Å². The average molecular weight is 247 g/mol. The minimum atomic E-state index is -0.392. The Hall–Kier alpha value is -1.72. The highest BCUT2D eigenvalue weighted by molar-refractivity contribution is 5.37. The van der Waals surface area contributed by atoms with Gasteiger partial charge in [0.15, 0.2) is 0 Å². The maximum Gasteiger partial charge on any atom is 0.258 e. The summed E-state index contributed by atoms with van der Waals surface area (Å²) in [5.41, 5.74) is 1.28. The number of rotatable bonds is 4. The Kier molecular flexibility index (Phi) is 3.74. The molecule has 0 bridgehead atoms. The summed E-state index contributed by atoms with van der Waals surface area (Å²) in [6, 6.07) is 6.99. The van der Waals surface area contributed by atoms with Crippen LogP contribution in [-0.2, 0) is 6.54 Å². The summed E-state index contributed by atoms with van der Waals surface area (Å²) in [7, 11) is 1.89. The summed E-state index contributed by atoms with van der Waals surface area (Å²) in [4.78, 5) is 18.2. The van der Waals surface area contributed by atoms with E-state index in [1.807, 2.05) is 18.0 Å². The monoisotopic (exact) mass is 247 g/mol. The molecule has 18 heavy (non-hydrogen) atoms. The molecule has 2 aromatic rings. The molecule has 0 aliphatic rings. The van der Waals surface area contributed by atoms with Gasteiger partial charge in [0.05, 0.1) is 11.8 Å².